The van der Waals surface area contributed by atoms with Gasteiger partial charge in [-0.1, -0.05) is 115 Å². The quantitative estimate of drug-likeness (QED) is 0.0340. The highest BCUT2D eigenvalue weighted by molar-refractivity contribution is 5.84. The van der Waals surface area contributed by atoms with Crippen LogP contribution in [0.3, 0.4) is 0 Å². The lowest BCUT2D eigenvalue weighted by Gasteiger charge is -2.28. The van der Waals surface area contributed by atoms with Gasteiger partial charge in [0.1, 0.15) is 25.0 Å². The summed E-state index contributed by atoms with van der Waals surface area (Å²) in [7, 11) is 0. The number of fused-ring (bicyclic) bond motifs is 6. The Bertz CT molecular complexity index is 2510. The minimum atomic E-state index is -2.44. The Morgan fingerprint density at radius 1 is 0.542 bits per heavy atom. The zero-order chi connectivity index (χ0) is 41.4. The molecule has 0 heterocycles. The van der Waals surface area contributed by atoms with Gasteiger partial charge in [-0.05, 0) is 57.5 Å². The lowest BCUT2D eigenvalue weighted by atomic mass is 9.98. The van der Waals surface area contributed by atoms with Crippen molar-refractivity contribution in [3.8, 4) is 33.8 Å². The Morgan fingerprint density at radius 2 is 0.949 bits per heavy atom. The monoisotopic (exact) mass is 805 g/mol. The summed E-state index contributed by atoms with van der Waals surface area (Å²) < 4.78 is 92.7. The van der Waals surface area contributed by atoms with Gasteiger partial charge < -0.3 is 18.9 Å². The van der Waals surface area contributed by atoms with E-state index < -0.39 is 71.6 Å². The number of carbonyl (C=O) groups excluding carboxylic acids is 3. The third-order valence-electron chi connectivity index (χ3n) is 10.6. The number of amides is 1. The summed E-state index contributed by atoms with van der Waals surface area (Å²) in [6.07, 6.45) is -2.17. The van der Waals surface area contributed by atoms with Crippen LogP contribution in [0.5, 0.6) is 11.5 Å². The van der Waals surface area contributed by atoms with E-state index >= 15 is 0 Å². The molecule has 6 aromatic rings. The van der Waals surface area contributed by atoms with Crippen molar-refractivity contribution in [3.05, 3.63) is 178 Å². The third-order valence-corrected chi connectivity index (χ3v) is 10.6. The highest BCUT2D eigenvalue weighted by atomic mass is 19.2. The van der Waals surface area contributed by atoms with Crippen LogP contribution in [0.25, 0.3) is 22.3 Å². The SMILES string of the molecule is C[C@@H](C(=O)Oc1c(F)c(F)c(F)c(F)c1F)N(Cc1ccccc1OC(=O)OCC1c2ccccc2-c2ccccc21)C(=O)OCC1c2ccccc2-c2ccccc21. The normalized spacial score (nSPS) is 13.1. The van der Waals surface area contributed by atoms with Crippen LogP contribution in [-0.4, -0.2) is 42.4 Å². The van der Waals surface area contributed by atoms with Gasteiger partial charge in [0.2, 0.25) is 34.8 Å². The van der Waals surface area contributed by atoms with E-state index in [9.17, 15) is 36.3 Å². The van der Waals surface area contributed by atoms with Gasteiger partial charge in [-0.3, -0.25) is 4.90 Å². The Morgan fingerprint density at radius 3 is 1.44 bits per heavy atom. The van der Waals surface area contributed by atoms with Gasteiger partial charge in [0.25, 0.3) is 0 Å². The lowest BCUT2D eigenvalue weighted by Crippen LogP contribution is -2.45. The first-order chi connectivity index (χ1) is 28.5. The standard InChI is InChI=1S/C46H32F5NO7/c1-25(44(53)59-43-41(50)39(48)38(47)40(49)42(43)51)52(45(54)56-23-35-31-17-7-3-13-27(31)28-14-4-8-18-32(28)35)22-26-12-2-11-21-37(26)58-46(55)57-24-36-33-19-9-5-15-29(33)30-16-6-10-20-34(30)36/h2-21,25,35-36H,22-24H2,1H3/t25-/m0/s1. The molecule has 0 aromatic heterocycles. The highest BCUT2D eigenvalue weighted by Crippen LogP contribution is 2.46. The largest absolute Gasteiger partial charge is 0.513 e. The summed E-state index contributed by atoms with van der Waals surface area (Å²) >= 11 is 0. The molecular formula is C46H32F5NO7. The van der Waals surface area contributed by atoms with E-state index in [1.807, 2.05) is 97.1 Å². The molecule has 8 rings (SSSR count). The van der Waals surface area contributed by atoms with Crippen LogP contribution in [0.1, 0.15) is 46.6 Å². The molecule has 0 unspecified atom stereocenters. The second-order valence-electron chi connectivity index (χ2n) is 13.9. The summed E-state index contributed by atoms with van der Waals surface area (Å²) in [4.78, 5) is 41.5. The zero-order valence-electron chi connectivity index (χ0n) is 31.1. The minimum absolute atomic E-state index is 0.0541. The molecule has 0 N–H and O–H groups in total. The average molecular weight is 806 g/mol. The van der Waals surface area contributed by atoms with Crippen LogP contribution >= 0.6 is 0 Å². The zero-order valence-corrected chi connectivity index (χ0v) is 31.1. The Labute approximate surface area is 334 Å². The molecule has 13 heteroatoms. The number of esters is 1. The molecule has 1 amide bonds. The van der Waals surface area contributed by atoms with Crippen LogP contribution in [0.15, 0.2) is 121 Å². The molecule has 0 saturated carbocycles. The molecule has 298 valence electrons. The molecule has 0 spiro atoms. The van der Waals surface area contributed by atoms with Gasteiger partial charge in [0.05, 0.1) is 6.54 Å². The fraction of sp³-hybridized carbons (Fsp3) is 0.152. The molecular weight excluding hydrogens is 773 g/mol. The number of hydrogen-bond donors (Lipinski definition) is 0. The molecule has 0 fully saturated rings. The summed E-state index contributed by atoms with van der Waals surface area (Å²) in [6, 6.07) is 34.9. The van der Waals surface area contributed by atoms with Crippen LogP contribution in [-0.2, 0) is 20.8 Å². The minimum Gasteiger partial charge on any atom is -0.448 e. The van der Waals surface area contributed by atoms with Gasteiger partial charge >= 0.3 is 18.2 Å². The van der Waals surface area contributed by atoms with E-state index in [0.717, 1.165) is 56.3 Å². The maximum Gasteiger partial charge on any atom is 0.513 e. The van der Waals surface area contributed by atoms with Crippen molar-refractivity contribution in [2.75, 3.05) is 13.2 Å². The van der Waals surface area contributed by atoms with E-state index in [2.05, 4.69) is 0 Å². The van der Waals surface area contributed by atoms with Gasteiger partial charge in [-0.15, -0.1) is 0 Å². The number of hydrogen-bond acceptors (Lipinski definition) is 7. The molecule has 8 nitrogen and oxygen atoms in total. The molecule has 2 aliphatic rings. The Kier molecular flexibility index (Phi) is 10.6. The molecule has 0 saturated heterocycles. The smallest absolute Gasteiger partial charge is 0.448 e. The van der Waals surface area contributed by atoms with E-state index in [0.29, 0.717) is 0 Å². The number of halogens is 5. The van der Waals surface area contributed by atoms with Crippen molar-refractivity contribution >= 4 is 18.2 Å². The first-order valence-electron chi connectivity index (χ1n) is 18.5. The maximum atomic E-state index is 14.6. The topological polar surface area (TPSA) is 91.4 Å². The van der Waals surface area contributed by atoms with E-state index in [1.54, 1.807) is 12.1 Å². The summed E-state index contributed by atoms with van der Waals surface area (Å²) in [5, 5.41) is 0. The molecule has 59 heavy (non-hydrogen) atoms. The van der Waals surface area contributed by atoms with Crippen molar-refractivity contribution in [1.29, 1.82) is 0 Å². The first kappa shape index (κ1) is 38.8. The van der Waals surface area contributed by atoms with Gasteiger partial charge in [0.15, 0.2) is 0 Å². The Hall–Kier alpha value is -7.02. The van der Waals surface area contributed by atoms with Crippen LogP contribution in [0.2, 0.25) is 0 Å². The highest BCUT2D eigenvalue weighted by Gasteiger charge is 2.36. The van der Waals surface area contributed by atoms with Gasteiger partial charge in [0, 0.05) is 17.4 Å². The number of ether oxygens (including phenoxy) is 4. The molecule has 0 aliphatic heterocycles. The second-order valence-corrected chi connectivity index (χ2v) is 13.9. The first-order valence-corrected chi connectivity index (χ1v) is 18.5. The van der Waals surface area contributed by atoms with Gasteiger partial charge in [-0.25, -0.2) is 27.6 Å². The molecule has 0 radical (unpaired) electrons. The number of benzene rings is 6. The van der Waals surface area contributed by atoms with Crippen LogP contribution < -0.4 is 9.47 Å². The van der Waals surface area contributed by atoms with Gasteiger partial charge in [-0.2, -0.15) is 8.78 Å². The lowest BCUT2D eigenvalue weighted by molar-refractivity contribution is -0.140. The van der Waals surface area contributed by atoms with Crippen LogP contribution in [0.4, 0.5) is 31.5 Å². The molecule has 1 atom stereocenters. The van der Waals surface area contributed by atoms with E-state index in [4.69, 9.17) is 18.9 Å². The number of nitrogens with zero attached hydrogens (tertiary/aromatic N) is 1. The summed E-state index contributed by atoms with van der Waals surface area (Å²) in [6.45, 7) is 0.337. The molecule has 6 aromatic carbocycles. The average Bonchev–Trinajstić information content (AvgIpc) is 3.76. The number of carbonyl (C=O) groups is 3. The van der Waals surface area contributed by atoms with Crippen molar-refractivity contribution in [2.45, 2.75) is 31.3 Å². The molecule has 0 bridgehead atoms. The molecule has 2 aliphatic carbocycles. The predicted molar refractivity (Wildman–Crippen MR) is 204 cm³/mol. The van der Waals surface area contributed by atoms with Crippen molar-refractivity contribution in [1.82, 2.24) is 4.90 Å². The second kappa shape index (κ2) is 16.1. The number of rotatable bonds is 10. The fourth-order valence-corrected chi connectivity index (χ4v) is 7.65. The van der Waals surface area contributed by atoms with E-state index in [-0.39, 0.29) is 30.4 Å². The Balaban J connectivity index is 1.04. The van der Waals surface area contributed by atoms with Crippen LogP contribution in [0, 0.1) is 29.1 Å². The van der Waals surface area contributed by atoms with Crippen molar-refractivity contribution < 1.29 is 55.3 Å². The third kappa shape index (κ3) is 7.24. The van der Waals surface area contributed by atoms with Crippen molar-refractivity contribution in [2.24, 2.45) is 0 Å². The maximum absolute atomic E-state index is 14.6. The number of para-hydroxylation sites is 1. The van der Waals surface area contributed by atoms with Crippen molar-refractivity contribution in [3.63, 3.8) is 0 Å². The fourth-order valence-electron chi connectivity index (χ4n) is 7.65. The summed E-state index contributed by atoms with van der Waals surface area (Å²) in [5.74, 6) is -16.0. The summed E-state index contributed by atoms with van der Waals surface area (Å²) in [5.41, 5.74) is 7.82. The van der Waals surface area contributed by atoms with E-state index in [1.165, 1.54) is 12.1 Å². The predicted octanol–water partition coefficient (Wildman–Crippen LogP) is 10.5.